The number of rotatable bonds is 4. The Hall–Kier alpha value is -1.61. The fourth-order valence-electron chi connectivity index (χ4n) is 2.17. The van der Waals surface area contributed by atoms with Crippen LogP contribution in [0, 0.1) is 13.8 Å². The van der Waals surface area contributed by atoms with Crippen molar-refractivity contribution in [1.29, 1.82) is 0 Å². The zero-order valence-corrected chi connectivity index (χ0v) is 13.5. The van der Waals surface area contributed by atoms with Crippen LogP contribution in [-0.4, -0.2) is 12.9 Å². The summed E-state index contributed by atoms with van der Waals surface area (Å²) < 4.78 is 6.16. The van der Waals surface area contributed by atoms with Crippen molar-refractivity contribution in [3.05, 3.63) is 63.1 Å². The quantitative estimate of drug-likeness (QED) is 0.770. The number of Topliss-reactive ketones (excluding diaryl/α,β-unsaturated/α-hetero) is 1. The standard InChI is InChI=1S/C17H17BrO2/c1-11-5-7-17(20-3)13(8-11)10-16(19)14-9-12(2)4-6-15(14)18/h4-9H,10H2,1-3H3. The minimum atomic E-state index is 0.0875. The predicted octanol–water partition coefficient (Wildman–Crippen LogP) is 4.50. The van der Waals surface area contributed by atoms with E-state index in [4.69, 9.17) is 4.74 Å². The fraction of sp³-hybridized carbons (Fsp3) is 0.235. The molecule has 0 radical (unpaired) electrons. The first kappa shape index (κ1) is 14.8. The number of aryl methyl sites for hydroxylation is 2. The molecule has 0 spiro atoms. The molecule has 0 saturated heterocycles. The van der Waals surface area contributed by atoms with Gasteiger partial charge in [-0.15, -0.1) is 0 Å². The summed E-state index contributed by atoms with van der Waals surface area (Å²) in [6, 6.07) is 11.7. The van der Waals surface area contributed by atoms with Gasteiger partial charge in [0.1, 0.15) is 5.75 Å². The summed E-state index contributed by atoms with van der Waals surface area (Å²) in [4.78, 5) is 12.5. The minimum absolute atomic E-state index is 0.0875. The molecule has 0 fully saturated rings. The molecule has 0 heterocycles. The highest BCUT2D eigenvalue weighted by molar-refractivity contribution is 9.10. The Kier molecular flexibility index (Phi) is 4.61. The third-order valence-electron chi connectivity index (χ3n) is 3.21. The maximum absolute atomic E-state index is 12.5. The molecule has 0 N–H and O–H groups in total. The highest BCUT2D eigenvalue weighted by Gasteiger charge is 2.14. The van der Waals surface area contributed by atoms with Crippen LogP contribution in [-0.2, 0) is 6.42 Å². The largest absolute Gasteiger partial charge is 0.496 e. The number of hydrogen-bond donors (Lipinski definition) is 0. The Morgan fingerprint density at radius 1 is 1.10 bits per heavy atom. The van der Waals surface area contributed by atoms with Gasteiger partial charge in [-0.05, 0) is 32.0 Å². The van der Waals surface area contributed by atoms with Gasteiger partial charge in [-0.2, -0.15) is 0 Å². The van der Waals surface area contributed by atoms with Crippen molar-refractivity contribution in [3.8, 4) is 5.75 Å². The average molecular weight is 333 g/mol. The molecule has 2 nitrogen and oxygen atoms in total. The Morgan fingerprint density at radius 3 is 2.45 bits per heavy atom. The van der Waals surface area contributed by atoms with Crippen molar-refractivity contribution in [3.63, 3.8) is 0 Å². The molecule has 0 aliphatic rings. The molecular weight excluding hydrogens is 316 g/mol. The third-order valence-corrected chi connectivity index (χ3v) is 3.90. The van der Waals surface area contributed by atoms with Crippen molar-refractivity contribution in [1.82, 2.24) is 0 Å². The molecule has 104 valence electrons. The van der Waals surface area contributed by atoms with Gasteiger partial charge in [0.2, 0.25) is 0 Å². The van der Waals surface area contributed by atoms with E-state index >= 15 is 0 Å². The summed E-state index contributed by atoms with van der Waals surface area (Å²) in [5.74, 6) is 0.845. The Labute approximate surface area is 127 Å². The maximum Gasteiger partial charge on any atom is 0.168 e. The first-order valence-electron chi connectivity index (χ1n) is 6.44. The summed E-state index contributed by atoms with van der Waals surface area (Å²) in [6.45, 7) is 3.99. The Balaban J connectivity index is 2.32. The van der Waals surface area contributed by atoms with E-state index in [-0.39, 0.29) is 5.78 Å². The smallest absolute Gasteiger partial charge is 0.168 e. The summed E-state index contributed by atoms with van der Waals surface area (Å²) in [7, 11) is 1.63. The second-order valence-electron chi connectivity index (χ2n) is 4.90. The number of ketones is 1. The number of ether oxygens (including phenoxy) is 1. The summed E-state index contributed by atoms with van der Waals surface area (Å²) >= 11 is 3.44. The number of methoxy groups -OCH3 is 1. The third kappa shape index (κ3) is 3.28. The lowest BCUT2D eigenvalue weighted by molar-refractivity contribution is 0.0991. The summed E-state index contributed by atoms with van der Waals surface area (Å²) in [6.07, 6.45) is 0.340. The van der Waals surface area contributed by atoms with Gasteiger partial charge >= 0.3 is 0 Å². The van der Waals surface area contributed by atoms with E-state index in [1.165, 1.54) is 0 Å². The van der Waals surface area contributed by atoms with Crippen LogP contribution in [0.4, 0.5) is 0 Å². The Morgan fingerprint density at radius 2 is 1.75 bits per heavy atom. The molecule has 0 unspecified atom stereocenters. The minimum Gasteiger partial charge on any atom is -0.496 e. The lowest BCUT2D eigenvalue weighted by Gasteiger charge is -2.10. The van der Waals surface area contributed by atoms with E-state index < -0.39 is 0 Å². The molecule has 2 rings (SSSR count). The first-order chi connectivity index (χ1) is 9.51. The zero-order valence-electron chi connectivity index (χ0n) is 11.9. The number of hydrogen-bond acceptors (Lipinski definition) is 2. The average Bonchev–Trinajstić information content (AvgIpc) is 2.41. The number of benzene rings is 2. The maximum atomic E-state index is 12.5. The molecule has 2 aromatic carbocycles. The van der Waals surface area contributed by atoms with Crippen LogP contribution in [0.1, 0.15) is 27.0 Å². The molecule has 0 aliphatic heterocycles. The van der Waals surface area contributed by atoms with Gasteiger partial charge in [-0.3, -0.25) is 4.79 Å². The zero-order chi connectivity index (χ0) is 14.7. The monoisotopic (exact) mass is 332 g/mol. The van der Waals surface area contributed by atoms with E-state index in [1.807, 2.05) is 50.2 Å². The molecule has 2 aromatic rings. The molecule has 3 heteroatoms. The van der Waals surface area contributed by atoms with Crippen LogP contribution >= 0.6 is 15.9 Å². The molecule has 0 aromatic heterocycles. The Bertz CT molecular complexity index is 647. The second-order valence-corrected chi connectivity index (χ2v) is 5.75. The van der Waals surface area contributed by atoms with Crippen molar-refractivity contribution in [2.24, 2.45) is 0 Å². The SMILES string of the molecule is COc1ccc(C)cc1CC(=O)c1cc(C)ccc1Br. The normalized spacial score (nSPS) is 10.4. The van der Waals surface area contributed by atoms with Crippen molar-refractivity contribution < 1.29 is 9.53 Å². The highest BCUT2D eigenvalue weighted by atomic mass is 79.9. The van der Waals surface area contributed by atoms with Crippen LogP contribution in [0.2, 0.25) is 0 Å². The number of carbonyl (C=O) groups excluding carboxylic acids is 1. The molecule has 0 saturated carbocycles. The van der Waals surface area contributed by atoms with E-state index in [0.717, 1.165) is 26.9 Å². The van der Waals surface area contributed by atoms with Gasteiger partial charge in [-0.25, -0.2) is 0 Å². The van der Waals surface area contributed by atoms with Gasteiger partial charge < -0.3 is 4.74 Å². The van der Waals surface area contributed by atoms with Crippen LogP contribution in [0.15, 0.2) is 40.9 Å². The molecule has 20 heavy (non-hydrogen) atoms. The number of halogens is 1. The van der Waals surface area contributed by atoms with Crippen molar-refractivity contribution >= 4 is 21.7 Å². The summed E-state index contributed by atoms with van der Waals surface area (Å²) in [5, 5.41) is 0. The van der Waals surface area contributed by atoms with Gasteiger partial charge in [0, 0.05) is 22.0 Å². The lowest BCUT2D eigenvalue weighted by atomic mass is 9.99. The van der Waals surface area contributed by atoms with Gasteiger partial charge in [0.15, 0.2) is 5.78 Å². The van der Waals surface area contributed by atoms with Crippen molar-refractivity contribution in [2.75, 3.05) is 7.11 Å². The van der Waals surface area contributed by atoms with Gasteiger partial charge in [0.05, 0.1) is 7.11 Å². The second kappa shape index (κ2) is 6.23. The molecular formula is C17H17BrO2. The topological polar surface area (TPSA) is 26.3 Å². The number of carbonyl (C=O) groups is 1. The van der Waals surface area contributed by atoms with Gasteiger partial charge in [-0.1, -0.05) is 45.3 Å². The van der Waals surface area contributed by atoms with Crippen LogP contribution < -0.4 is 4.74 Å². The van der Waals surface area contributed by atoms with E-state index in [1.54, 1.807) is 7.11 Å². The molecule has 0 amide bonds. The molecule has 0 atom stereocenters. The fourth-order valence-corrected chi connectivity index (χ4v) is 2.63. The summed E-state index contributed by atoms with van der Waals surface area (Å²) in [5.41, 5.74) is 3.84. The van der Waals surface area contributed by atoms with Crippen molar-refractivity contribution in [2.45, 2.75) is 20.3 Å². The van der Waals surface area contributed by atoms with E-state index in [2.05, 4.69) is 15.9 Å². The highest BCUT2D eigenvalue weighted by Crippen LogP contribution is 2.24. The lowest BCUT2D eigenvalue weighted by Crippen LogP contribution is -2.06. The molecule has 0 bridgehead atoms. The molecule has 0 aliphatic carbocycles. The predicted molar refractivity (Wildman–Crippen MR) is 84.6 cm³/mol. The first-order valence-corrected chi connectivity index (χ1v) is 7.23. The van der Waals surface area contributed by atoms with Crippen LogP contribution in [0.5, 0.6) is 5.75 Å². The van der Waals surface area contributed by atoms with Crippen LogP contribution in [0.3, 0.4) is 0 Å². The van der Waals surface area contributed by atoms with Gasteiger partial charge in [0.25, 0.3) is 0 Å². The van der Waals surface area contributed by atoms with E-state index in [9.17, 15) is 4.79 Å². The van der Waals surface area contributed by atoms with E-state index in [0.29, 0.717) is 12.0 Å². The van der Waals surface area contributed by atoms with Crippen LogP contribution in [0.25, 0.3) is 0 Å².